The van der Waals surface area contributed by atoms with E-state index in [-0.39, 0.29) is 0 Å². The van der Waals surface area contributed by atoms with Crippen LogP contribution in [0.3, 0.4) is 0 Å². The molecular formula is C17H16O4. The zero-order chi connectivity index (χ0) is 15.2. The number of methoxy groups -OCH3 is 1. The van der Waals surface area contributed by atoms with E-state index in [9.17, 15) is 4.79 Å². The maximum Gasteiger partial charge on any atom is 0.328 e. The van der Waals surface area contributed by atoms with E-state index in [1.807, 2.05) is 25.1 Å². The Morgan fingerprint density at radius 2 is 1.95 bits per heavy atom. The summed E-state index contributed by atoms with van der Waals surface area (Å²) < 4.78 is 11.1. The van der Waals surface area contributed by atoms with Gasteiger partial charge in [-0.1, -0.05) is 18.2 Å². The monoisotopic (exact) mass is 284 g/mol. The van der Waals surface area contributed by atoms with Crippen LogP contribution in [0.2, 0.25) is 0 Å². The summed E-state index contributed by atoms with van der Waals surface area (Å²) in [6.45, 7) is 1.98. The van der Waals surface area contributed by atoms with Gasteiger partial charge in [0.05, 0.1) is 7.11 Å². The summed E-state index contributed by atoms with van der Waals surface area (Å²) >= 11 is 0. The number of carbonyl (C=O) groups is 1. The minimum absolute atomic E-state index is 0.613. The lowest BCUT2D eigenvalue weighted by molar-refractivity contribution is -0.131. The maximum atomic E-state index is 10.5. The van der Waals surface area contributed by atoms with E-state index in [2.05, 4.69) is 0 Å². The highest BCUT2D eigenvalue weighted by Gasteiger charge is 2.06. The van der Waals surface area contributed by atoms with Gasteiger partial charge in [0.2, 0.25) is 0 Å². The standard InChI is InChI=1S/C17H16O4/c1-12-6-8-15(16(10-12)20-2)21-14-5-3-4-13(11-14)7-9-17(18)19/h3-11H,1-2H3,(H,18,19). The lowest BCUT2D eigenvalue weighted by Crippen LogP contribution is -1.91. The predicted octanol–water partition coefficient (Wildman–Crippen LogP) is 3.89. The Morgan fingerprint density at radius 1 is 1.14 bits per heavy atom. The van der Waals surface area contributed by atoms with Crippen molar-refractivity contribution in [1.29, 1.82) is 0 Å². The molecule has 0 atom stereocenters. The van der Waals surface area contributed by atoms with Gasteiger partial charge >= 0.3 is 5.97 Å². The quantitative estimate of drug-likeness (QED) is 0.846. The number of aryl methyl sites for hydroxylation is 1. The SMILES string of the molecule is COc1cc(C)ccc1Oc1cccc(C=CC(=O)O)c1. The Bertz CT molecular complexity index is 674. The van der Waals surface area contributed by atoms with Crippen molar-refractivity contribution in [2.75, 3.05) is 7.11 Å². The van der Waals surface area contributed by atoms with E-state index >= 15 is 0 Å². The number of benzene rings is 2. The lowest BCUT2D eigenvalue weighted by atomic mass is 10.2. The third-order valence-corrected chi connectivity index (χ3v) is 2.82. The molecule has 0 saturated carbocycles. The first-order valence-electron chi connectivity index (χ1n) is 6.42. The van der Waals surface area contributed by atoms with E-state index in [4.69, 9.17) is 14.6 Å². The molecule has 0 saturated heterocycles. The van der Waals surface area contributed by atoms with Crippen LogP contribution in [0.5, 0.6) is 17.2 Å². The van der Waals surface area contributed by atoms with Crippen molar-refractivity contribution in [2.24, 2.45) is 0 Å². The van der Waals surface area contributed by atoms with Crippen molar-refractivity contribution >= 4 is 12.0 Å². The van der Waals surface area contributed by atoms with E-state index in [0.717, 1.165) is 17.2 Å². The third kappa shape index (κ3) is 4.11. The molecule has 2 rings (SSSR count). The van der Waals surface area contributed by atoms with Crippen molar-refractivity contribution < 1.29 is 19.4 Å². The number of hydrogen-bond donors (Lipinski definition) is 1. The number of rotatable bonds is 5. The van der Waals surface area contributed by atoms with Crippen molar-refractivity contribution in [3.63, 3.8) is 0 Å². The van der Waals surface area contributed by atoms with Gasteiger partial charge in [0.15, 0.2) is 11.5 Å². The maximum absolute atomic E-state index is 10.5. The zero-order valence-electron chi connectivity index (χ0n) is 11.9. The third-order valence-electron chi connectivity index (χ3n) is 2.82. The molecule has 21 heavy (non-hydrogen) atoms. The van der Waals surface area contributed by atoms with Crippen LogP contribution in [-0.2, 0) is 4.79 Å². The molecule has 1 N–H and O–H groups in total. The van der Waals surface area contributed by atoms with Crippen LogP contribution < -0.4 is 9.47 Å². The number of hydrogen-bond acceptors (Lipinski definition) is 3. The zero-order valence-corrected chi connectivity index (χ0v) is 11.9. The van der Waals surface area contributed by atoms with Crippen molar-refractivity contribution in [1.82, 2.24) is 0 Å². The van der Waals surface area contributed by atoms with Crippen molar-refractivity contribution in [3.05, 3.63) is 59.7 Å². The molecule has 108 valence electrons. The second-order valence-corrected chi connectivity index (χ2v) is 4.50. The molecule has 0 unspecified atom stereocenters. The molecular weight excluding hydrogens is 268 g/mol. The Hall–Kier alpha value is -2.75. The van der Waals surface area contributed by atoms with Gasteiger partial charge < -0.3 is 14.6 Å². The molecule has 4 heteroatoms. The van der Waals surface area contributed by atoms with Gasteiger partial charge in [0.1, 0.15) is 5.75 Å². The number of aliphatic carboxylic acids is 1. The van der Waals surface area contributed by atoms with Crippen LogP contribution in [-0.4, -0.2) is 18.2 Å². The fourth-order valence-corrected chi connectivity index (χ4v) is 1.84. The minimum atomic E-state index is -0.985. The fourth-order valence-electron chi connectivity index (χ4n) is 1.84. The van der Waals surface area contributed by atoms with Crippen LogP contribution in [0.15, 0.2) is 48.5 Å². The number of carboxylic acids is 1. The van der Waals surface area contributed by atoms with E-state index in [1.165, 1.54) is 6.08 Å². The van der Waals surface area contributed by atoms with Crippen LogP contribution in [0.1, 0.15) is 11.1 Å². The average Bonchev–Trinajstić information content (AvgIpc) is 2.47. The van der Waals surface area contributed by atoms with Crippen LogP contribution in [0.4, 0.5) is 0 Å². The molecule has 0 aliphatic carbocycles. The van der Waals surface area contributed by atoms with Crippen LogP contribution >= 0.6 is 0 Å². The summed E-state index contributed by atoms with van der Waals surface area (Å²) in [5, 5.41) is 8.64. The molecule has 2 aromatic carbocycles. The Morgan fingerprint density at radius 3 is 2.67 bits per heavy atom. The van der Waals surface area contributed by atoms with Gasteiger partial charge in [-0.15, -0.1) is 0 Å². The predicted molar refractivity (Wildman–Crippen MR) is 80.9 cm³/mol. The normalized spacial score (nSPS) is 10.6. The van der Waals surface area contributed by atoms with Gasteiger partial charge in [-0.3, -0.25) is 0 Å². The Balaban J connectivity index is 2.24. The Kier molecular flexibility index (Phi) is 4.61. The summed E-state index contributed by atoms with van der Waals surface area (Å²) in [5.41, 5.74) is 1.83. The lowest BCUT2D eigenvalue weighted by Gasteiger charge is -2.11. The first-order valence-corrected chi connectivity index (χ1v) is 6.42. The van der Waals surface area contributed by atoms with Gasteiger partial charge in [0, 0.05) is 6.08 Å². The van der Waals surface area contributed by atoms with Crippen molar-refractivity contribution in [3.8, 4) is 17.2 Å². The van der Waals surface area contributed by atoms with E-state index < -0.39 is 5.97 Å². The topological polar surface area (TPSA) is 55.8 Å². The van der Waals surface area contributed by atoms with Gasteiger partial charge in [-0.2, -0.15) is 0 Å². The highest BCUT2D eigenvalue weighted by Crippen LogP contribution is 2.32. The molecule has 0 heterocycles. The van der Waals surface area contributed by atoms with Gasteiger partial charge in [0.25, 0.3) is 0 Å². The first kappa shape index (κ1) is 14.7. The summed E-state index contributed by atoms with van der Waals surface area (Å²) in [7, 11) is 1.59. The minimum Gasteiger partial charge on any atom is -0.493 e. The summed E-state index contributed by atoms with van der Waals surface area (Å²) in [4.78, 5) is 10.5. The van der Waals surface area contributed by atoms with Crippen molar-refractivity contribution in [2.45, 2.75) is 6.92 Å². The van der Waals surface area contributed by atoms with Gasteiger partial charge in [-0.25, -0.2) is 4.79 Å². The molecule has 0 fully saturated rings. The molecule has 0 radical (unpaired) electrons. The first-order chi connectivity index (χ1) is 10.1. The second kappa shape index (κ2) is 6.61. The van der Waals surface area contributed by atoms with Crippen LogP contribution in [0, 0.1) is 6.92 Å². The molecule has 0 amide bonds. The molecule has 0 aromatic heterocycles. The summed E-state index contributed by atoms with van der Waals surface area (Å²) in [6.07, 6.45) is 2.60. The molecule has 0 aliphatic rings. The van der Waals surface area contributed by atoms with E-state index in [1.54, 1.807) is 31.4 Å². The van der Waals surface area contributed by atoms with Crippen LogP contribution in [0.25, 0.3) is 6.08 Å². The Labute approximate surface area is 123 Å². The largest absolute Gasteiger partial charge is 0.493 e. The van der Waals surface area contributed by atoms with Gasteiger partial charge in [-0.05, 0) is 48.4 Å². The second-order valence-electron chi connectivity index (χ2n) is 4.50. The number of carboxylic acid groups (broad SMARTS) is 1. The average molecular weight is 284 g/mol. The molecule has 0 aliphatic heterocycles. The molecule has 2 aromatic rings. The highest BCUT2D eigenvalue weighted by atomic mass is 16.5. The summed E-state index contributed by atoms with van der Waals surface area (Å²) in [5.74, 6) is 0.898. The molecule has 0 spiro atoms. The molecule has 0 bridgehead atoms. The van der Waals surface area contributed by atoms with E-state index in [0.29, 0.717) is 17.2 Å². The smallest absolute Gasteiger partial charge is 0.328 e. The summed E-state index contributed by atoms with van der Waals surface area (Å²) in [6, 6.07) is 12.8. The number of ether oxygens (including phenoxy) is 2. The fraction of sp³-hybridized carbons (Fsp3) is 0.118. The molecule has 4 nitrogen and oxygen atoms in total. The highest BCUT2D eigenvalue weighted by molar-refractivity contribution is 5.85.